The van der Waals surface area contributed by atoms with Gasteiger partial charge in [0.15, 0.2) is 0 Å². The zero-order chi connectivity index (χ0) is 18.8. The molecule has 1 N–H and O–H groups in total. The largest absolute Gasteiger partial charge is 0.378 e. The third-order valence-electron chi connectivity index (χ3n) is 5.31. The quantitative estimate of drug-likeness (QED) is 0.875. The van der Waals surface area contributed by atoms with E-state index in [1.54, 1.807) is 0 Å². The molecule has 1 fully saturated rings. The Bertz CT molecular complexity index is 840. The summed E-state index contributed by atoms with van der Waals surface area (Å²) in [5.41, 5.74) is 4.24. The van der Waals surface area contributed by atoms with Gasteiger partial charge in [-0.1, -0.05) is 12.1 Å². The first-order valence-corrected chi connectivity index (χ1v) is 9.53. The standard InChI is InChI=1S/C20H27N5O2/c1-23(2)16-5-3-15(4-6-16)13-24-8-7-17-18(14-24)21-20(22-19(17)26)25-9-11-27-12-10-25/h3-6H,7-14H2,1-2H3,(H,21,22,26). The molecular weight excluding hydrogens is 342 g/mol. The molecule has 27 heavy (non-hydrogen) atoms. The third-order valence-corrected chi connectivity index (χ3v) is 5.31. The number of fused-ring (bicyclic) bond motifs is 1. The summed E-state index contributed by atoms with van der Waals surface area (Å²) < 4.78 is 5.40. The van der Waals surface area contributed by atoms with Crippen LogP contribution in [-0.4, -0.2) is 61.8 Å². The van der Waals surface area contributed by atoms with Gasteiger partial charge in [-0.25, -0.2) is 4.98 Å². The summed E-state index contributed by atoms with van der Waals surface area (Å²) in [6, 6.07) is 8.64. The number of aromatic amines is 1. The molecule has 0 bridgehead atoms. The Balaban J connectivity index is 1.49. The summed E-state index contributed by atoms with van der Waals surface area (Å²) in [5, 5.41) is 0. The maximum Gasteiger partial charge on any atom is 0.255 e. The van der Waals surface area contributed by atoms with Crippen LogP contribution in [0.5, 0.6) is 0 Å². The van der Waals surface area contributed by atoms with Gasteiger partial charge in [-0.05, 0) is 24.1 Å². The topological polar surface area (TPSA) is 64.7 Å². The highest BCUT2D eigenvalue weighted by Gasteiger charge is 2.23. The van der Waals surface area contributed by atoms with Crippen molar-refractivity contribution < 1.29 is 4.74 Å². The Kier molecular flexibility index (Phi) is 5.13. The summed E-state index contributed by atoms with van der Waals surface area (Å²) in [4.78, 5) is 26.8. The van der Waals surface area contributed by atoms with Gasteiger partial charge >= 0.3 is 0 Å². The summed E-state index contributed by atoms with van der Waals surface area (Å²) in [5.74, 6) is 0.680. The van der Waals surface area contributed by atoms with E-state index in [-0.39, 0.29) is 5.56 Å². The average molecular weight is 369 g/mol. The van der Waals surface area contributed by atoms with Crippen LogP contribution in [0.1, 0.15) is 16.8 Å². The van der Waals surface area contributed by atoms with E-state index < -0.39 is 0 Å². The Morgan fingerprint density at radius 3 is 2.59 bits per heavy atom. The molecule has 7 nitrogen and oxygen atoms in total. The molecule has 0 spiro atoms. The van der Waals surface area contributed by atoms with Gasteiger partial charge < -0.3 is 14.5 Å². The predicted molar refractivity (Wildman–Crippen MR) is 106 cm³/mol. The lowest BCUT2D eigenvalue weighted by atomic mass is 10.1. The molecule has 3 heterocycles. The number of rotatable bonds is 4. The van der Waals surface area contributed by atoms with Gasteiger partial charge in [-0.15, -0.1) is 0 Å². The number of aromatic nitrogens is 2. The van der Waals surface area contributed by atoms with Crippen molar-refractivity contribution in [3.05, 3.63) is 51.4 Å². The molecule has 2 aromatic rings. The van der Waals surface area contributed by atoms with Gasteiger partial charge in [0.2, 0.25) is 5.95 Å². The summed E-state index contributed by atoms with van der Waals surface area (Å²) in [7, 11) is 4.09. The zero-order valence-electron chi connectivity index (χ0n) is 16.1. The van der Waals surface area contributed by atoms with Crippen LogP contribution in [0, 0.1) is 0 Å². The van der Waals surface area contributed by atoms with Crippen molar-refractivity contribution in [3.8, 4) is 0 Å². The first-order valence-electron chi connectivity index (χ1n) is 9.53. The first kappa shape index (κ1) is 18.0. The minimum absolute atomic E-state index is 0.0106. The zero-order valence-corrected chi connectivity index (χ0v) is 16.1. The fraction of sp³-hybridized carbons (Fsp3) is 0.500. The number of hydrogen-bond donors (Lipinski definition) is 1. The van der Waals surface area contributed by atoms with Crippen molar-refractivity contribution in [2.45, 2.75) is 19.5 Å². The number of anilines is 2. The third kappa shape index (κ3) is 3.99. The lowest BCUT2D eigenvalue weighted by Gasteiger charge is -2.31. The van der Waals surface area contributed by atoms with Crippen molar-refractivity contribution in [2.24, 2.45) is 0 Å². The van der Waals surface area contributed by atoms with Crippen LogP contribution in [0.25, 0.3) is 0 Å². The molecule has 1 aromatic heterocycles. The second kappa shape index (κ2) is 7.70. The Hall–Kier alpha value is -2.38. The van der Waals surface area contributed by atoms with Crippen LogP contribution >= 0.6 is 0 Å². The number of morpholine rings is 1. The molecule has 0 atom stereocenters. The van der Waals surface area contributed by atoms with Gasteiger partial charge in [-0.3, -0.25) is 14.7 Å². The lowest BCUT2D eigenvalue weighted by molar-refractivity contribution is 0.122. The van der Waals surface area contributed by atoms with E-state index in [0.717, 1.165) is 43.9 Å². The maximum atomic E-state index is 12.5. The molecular formula is C20H27N5O2. The van der Waals surface area contributed by atoms with Crippen molar-refractivity contribution in [1.29, 1.82) is 0 Å². The van der Waals surface area contributed by atoms with E-state index in [4.69, 9.17) is 9.72 Å². The summed E-state index contributed by atoms with van der Waals surface area (Å²) in [6.07, 6.45) is 0.747. The number of H-pyrrole nitrogens is 1. The SMILES string of the molecule is CN(C)c1ccc(CN2CCc3c(nc(N4CCOCC4)[nH]c3=O)C2)cc1. The summed E-state index contributed by atoms with van der Waals surface area (Å²) >= 11 is 0. The smallest absolute Gasteiger partial charge is 0.255 e. The van der Waals surface area contributed by atoms with E-state index in [1.807, 2.05) is 14.1 Å². The molecule has 0 radical (unpaired) electrons. The number of ether oxygens (including phenoxy) is 1. The minimum atomic E-state index is 0.0106. The normalized spacial score (nSPS) is 17.6. The number of nitrogens with zero attached hydrogens (tertiary/aromatic N) is 4. The number of nitrogens with one attached hydrogen (secondary N) is 1. The molecule has 4 rings (SSSR count). The van der Waals surface area contributed by atoms with E-state index in [1.165, 1.54) is 11.3 Å². The van der Waals surface area contributed by atoms with Crippen LogP contribution in [-0.2, 0) is 24.2 Å². The number of benzene rings is 1. The predicted octanol–water partition coefficient (Wildman–Crippen LogP) is 1.23. The summed E-state index contributed by atoms with van der Waals surface area (Å²) in [6.45, 7) is 5.35. The average Bonchev–Trinajstić information content (AvgIpc) is 2.69. The fourth-order valence-corrected chi connectivity index (χ4v) is 3.70. The minimum Gasteiger partial charge on any atom is -0.378 e. The van der Waals surface area contributed by atoms with Crippen LogP contribution in [0.4, 0.5) is 11.6 Å². The molecule has 2 aliphatic heterocycles. The fourth-order valence-electron chi connectivity index (χ4n) is 3.70. The van der Waals surface area contributed by atoms with Crippen LogP contribution in [0.3, 0.4) is 0 Å². The highest BCUT2D eigenvalue weighted by molar-refractivity contribution is 5.46. The lowest BCUT2D eigenvalue weighted by Crippen LogP contribution is -2.40. The molecule has 7 heteroatoms. The van der Waals surface area contributed by atoms with Crippen molar-refractivity contribution in [1.82, 2.24) is 14.9 Å². The molecule has 1 aromatic carbocycles. The van der Waals surface area contributed by atoms with Gasteiger partial charge in [0.25, 0.3) is 5.56 Å². The van der Waals surface area contributed by atoms with Gasteiger partial charge in [-0.2, -0.15) is 0 Å². The molecule has 0 aliphatic carbocycles. The Morgan fingerprint density at radius 1 is 1.15 bits per heavy atom. The Labute approximate surface area is 159 Å². The highest BCUT2D eigenvalue weighted by Crippen LogP contribution is 2.20. The Morgan fingerprint density at radius 2 is 1.89 bits per heavy atom. The second-order valence-corrected chi connectivity index (χ2v) is 7.44. The molecule has 0 saturated carbocycles. The van der Waals surface area contributed by atoms with Crippen LogP contribution in [0.15, 0.2) is 29.1 Å². The van der Waals surface area contributed by atoms with Gasteiger partial charge in [0, 0.05) is 58.1 Å². The van der Waals surface area contributed by atoms with Gasteiger partial charge in [0.05, 0.1) is 18.9 Å². The molecule has 1 saturated heterocycles. The van der Waals surface area contributed by atoms with E-state index in [2.05, 4.69) is 43.9 Å². The number of hydrogen-bond acceptors (Lipinski definition) is 6. The van der Waals surface area contributed by atoms with Crippen LogP contribution < -0.4 is 15.4 Å². The van der Waals surface area contributed by atoms with Crippen LogP contribution in [0.2, 0.25) is 0 Å². The molecule has 144 valence electrons. The second-order valence-electron chi connectivity index (χ2n) is 7.44. The van der Waals surface area contributed by atoms with E-state index in [9.17, 15) is 4.79 Å². The van der Waals surface area contributed by atoms with Crippen molar-refractivity contribution >= 4 is 11.6 Å². The van der Waals surface area contributed by atoms with Crippen molar-refractivity contribution in [3.63, 3.8) is 0 Å². The monoisotopic (exact) mass is 369 g/mol. The maximum absolute atomic E-state index is 12.5. The molecule has 0 amide bonds. The molecule has 0 unspecified atom stereocenters. The van der Waals surface area contributed by atoms with E-state index in [0.29, 0.717) is 25.7 Å². The highest BCUT2D eigenvalue weighted by atomic mass is 16.5. The van der Waals surface area contributed by atoms with Crippen molar-refractivity contribution in [2.75, 3.05) is 56.7 Å². The molecule has 2 aliphatic rings. The van der Waals surface area contributed by atoms with Gasteiger partial charge in [0.1, 0.15) is 0 Å². The first-order chi connectivity index (χ1) is 13.1. The van der Waals surface area contributed by atoms with E-state index >= 15 is 0 Å².